The molecule has 0 unspecified atom stereocenters. The van der Waals surface area contributed by atoms with E-state index in [1.165, 1.54) is 4.88 Å². The number of guanidine groups is 1. The molecule has 0 aliphatic carbocycles. The highest BCUT2D eigenvalue weighted by molar-refractivity contribution is 7.11. The average Bonchev–Trinajstić information content (AvgIpc) is 3.11. The Kier molecular flexibility index (Phi) is 6.74. The van der Waals surface area contributed by atoms with Crippen molar-refractivity contribution < 1.29 is 0 Å². The summed E-state index contributed by atoms with van der Waals surface area (Å²) in [5.74, 6) is 0.741. The number of hydrogen-bond donors (Lipinski definition) is 2. The molecular formula is C15H21Cl2N5S. The van der Waals surface area contributed by atoms with Crippen LogP contribution in [0.1, 0.15) is 22.5 Å². The van der Waals surface area contributed by atoms with E-state index < -0.39 is 0 Å². The van der Waals surface area contributed by atoms with Crippen molar-refractivity contribution in [3.63, 3.8) is 0 Å². The molecule has 2 rings (SSSR count). The minimum absolute atomic E-state index is 0.543. The Balaban J connectivity index is 1.80. The standard InChI is InChI=1S/C15H21Cl2N5S/c1-4-11-9-20-13(23-11)5-6-19-15(18-2)21-8-10-7-12(16)14(17)22(10)3/h7,9H,4-6,8H2,1-3H3,(H2,18,19,21). The Morgan fingerprint density at radius 1 is 1.39 bits per heavy atom. The van der Waals surface area contributed by atoms with Crippen LogP contribution in [0.2, 0.25) is 10.2 Å². The lowest BCUT2D eigenvalue weighted by atomic mass is 10.4. The maximum atomic E-state index is 6.06. The van der Waals surface area contributed by atoms with Gasteiger partial charge in [0.15, 0.2) is 5.96 Å². The molecule has 2 aromatic rings. The van der Waals surface area contributed by atoms with Gasteiger partial charge in [-0.2, -0.15) is 0 Å². The molecule has 0 radical (unpaired) electrons. The van der Waals surface area contributed by atoms with Gasteiger partial charge < -0.3 is 15.2 Å². The molecule has 0 atom stereocenters. The van der Waals surface area contributed by atoms with Crippen LogP contribution in [0.5, 0.6) is 0 Å². The lowest BCUT2D eigenvalue weighted by Gasteiger charge is -2.12. The molecule has 23 heavy (non-hydrogen) atoms. The van der Waals surface area contributed by atoms with Gasteiger partial charge in [0.2, 0.25) is 0 Å². The topological polar surface area (TPSA) is 54.2 Å². The van der Waals surface area contributed by atoms with Crippen molar-refractivity contribution in [1.29, 1.82) is 0 Å². The van der Waals surface area contributed by atoms with E-state index in [2.05, 4.69) is 27.5 Å². The summed E-state index contributed by atoms with van der Waals surface area (Å²) in [6.45, 7) is 3.52. The molecule has 0 saturated heterocycles. The number of nitrogens with zero attached hydrogens (tertiary/aromatic N) is 3. The summed E-state index contributed by atoms with van der Waals surface area (Å²) >= 11 is 13.8. The molecule has 2 aromatic heterocycles. The average molecular weight is 374 g/mol. The van der Waals surface area contributed by atoms with Crippen LogP contribution >= 0.6 is 34.5 Å². The maximum absolute atomic E-state index is 6.06. The number of rotatable bonds is 6. The molecule has 0 aliphatic heterocycles. The van der Waals surface area contributed by atoms with Gasteiger partial charge in [-0.05, 0) is 12.5 Å². The lowest BCUT2D eigenvalue weighted by molar-refractivity contribution is 0.746. The Labute approximate surface area is 150 Å². The van der Waals surface area contributed by atoms with Crippen molar-refractivity contribution in [3.8, 4) is 0 Å². The summed E-state index contributed by atoms with van der Waals surface area (Å²) in [6, 6.07) is 1.85. The van der Waals surface area contributed by atoms with Gasteiger partial charge in [0.05, 0.1) is 16.6 Å². The number of aryl methyl sites for hydroxylation is 1. The van der Waals surface area contributed by atoms with Crippen LogP contribution in [0.3, 0.4) is 0 Å². The summed E-state index contributed by atoms with van der Waals surface area (Å²) in [6.07, 6.45) is 3.87. The van der Waals surface area contributed by atoms with Crippen molar-refractivity contribution in [2.45, 2.75) is 26.3 Å². The minimum Gasteiger partial charge on any atom is -0.356 e. The molecule has 5 nitrogen and oxygen atoms in total. The number of hydrogen-bond acceptors (Lipinski definition) is 3. The highest BCUT2D eigenvalue weighted by atomic mass is 35.5. The number of aromatic nitrogens is 2. The van der Waals surface area contributed by atoms with E-state index in [0.717, 1.165) is 36.0 Å². The highest BCUT2D eigenvalue weighted by Crippen LogP contribution is 2.24. The van der Waals surface area contributed by atoms with Gasteiger partial charge in [-0.25, -0.2) is 4.98 Å². The Bertz CT molecular complexity index is 677. The molecular weight excluding hydrogens is 353 g/mol. The van der Waals surface area contributed by atoms with Gasteiger partial charge in [0, 0.05) is 43.8 Å². The van der Waals surface area contributed by atoms with Gasteiger partial charge in [0.1, 0.15) is 5.15 Å². The van der Waals surface area contributed by atoms with E-state index in [-0.39, 0.29) is 0 Å². The number of nitrogens with one attached hydrogen (secondary N) is 2. The summed E-state index contributed by atoms with van der Waals surface area (Å²) < 4.78 is 1.85. The molecule has 0 aromatic carbocycles. The first-order valence-corrected chi connectivity index (χ1v) is 9.00. The fourth-order valence-electron chi connectivity index (χ4n) is 2.07. The number of halogens is 2. The smallest absolute Gasteiger partial charge is 0.191 e. The first-order valence-electron chi connectivity index (χ1n) is 7.42. The van der Waals surface area contributed by atoms with E-state index in [4.69, 9.17) is 23.2 Å². The van der Waals surface area contributed by atoms with E-state index in [0.29, 0.717) is 16.7 Å². The molecule has 2 heterocycles. The van der Waals surface area contributed by atoms with E-state index >= 15 is 0 Å². The molecule has 0 saturated carbocycles. The molecule has 126 valence electrons. The minimum atomic E-state index is 0.543. The van der Waals surface area contributed by atoms with Crippen molar-refractivity contribution in [1.82, 2.24) is 20.2 Å². The second kappa shape index (κ2) is 8.57. The van der Waals surface area contributed by atoms with Gasteiger partial charge in [0.25, 0.3) is 0 Å². The van der Waals surface area contributed by atoms with Crippen molar-refractivity contribution in [3.05, 3.63) is 38.0 Å². The lowest BCUT2D eigenvalue weighted by Crippen LogP contribution is -2.38. The first-order chi connectivity index (χ1) is 11.0. The van der Waals surface area contributed by atoms with Gasteiger partial charge >= 0.3 is 0 Å². The van der Waals surface area contributed by atoms with Crippen molar-refractivity contribution in [2.24, 2.45) is 12.0 Å². The number of thiazole rings is 1. The van der Waals surface area contributed by atoms with Gasteiger partial charge in [-0.15, -0.1) is 11.3 Å². The first kappa shape index (κ1) is 18.1. The molecule has 0 fully saturated rings. The van der Waals surface area contributed by atoms with Gasteiger partial charge in [-0.1, -0.05) is 30.1 Å². The molecule has 0 spiro atoms. The SMILES string of the molecule is CCc1cnc(CCNC(=NC)NCc2cc(Cl)c(Cl)n2C)s1. The summed E-state index contributed by atoms with van der Waals surface area (Å²) in [5, 5.41) is 8.79. The molecule has 0 bridgehead atoms. The summed E-state index contributed by atoms with van der Waals surface area (Å²) in [4.78, 5) is 9.95. The fraction of sp³-hybridized carbons (Fsp3) is 0.467. The maximum Gasteiger partial charge on any atom is 0.191 e. The van der Waals surface area contributed by atoms with Crippen LogP contribution < -0.4 is 10.6 Å². The number of aliphatic imine (C=N–C) groups is 1. The monoisotopic (exact) mass is 373 g/mol. The molecule has 8 heteroatoms. The predicted octanol–water partition coefficient (Wildman–Crippen LogP) is 3.26. The van der Waals surface area contributed by atoms with Crippen molar-refractivity contribution >= 4 is 40.5 Å². The van der Waals surface area contributed by atoms with Crippen LogP contribution in [-0.2, 0) is 26.4 Å². The van der Waals surface area contributed by atoms with E-state index in [1.54, 1.807) is 18.4 Å². The quantitative estimate of drug-likeness (QED) is 0.603. The van der Waals surface area contributed by atoms with Gasteiger partial charge in [-0.3, -0.25) is 4.99 Å². The fourth-order valence-corrected chi connectivity index (χ4v) is 3.35. The van der Waals surface area contributed by atoms with Crippen LogP contribution in [0, 0.1) is 0 Å². The summed E-state index contributed by atoms with van der Waals surface area (Å²) in [7, 11) is 3.63. The third-order valence-electron chi connectivity index (χ3n) is 3.46. The van der Waals surface area contributed by atoms with E-state index in [1.807, 2.05) is 23.9 Å². The zero-order valence-corrected chi connectivity index (χ0v) is 15.8. The normalized spacial score (nSPS) is 11.8. The predicted molar refractivity (Wildman–Crippen MR) is 98.8 cm³/mol. The van der Waals surface area contributed by atoms with Crippen molar-refractivity contribution in [2.75, 3.05) is 13.6 Å². The van der Waals surface area contributed by atoms with Crippen LogP contribution in [0.4, 0.5) is 0 Å². The second-order valence-corrected chi connectivity index (χ2v) is 6.97. The van der Waals surface area contributed by atoms with E-state index in [9.17, 15) is 0 Å². The summed E-state index contributed by atoms with van der Waals surface area (Å²) in [5.41, 5.74) is 0.996. The molecule has 2 N–H and O–H groups in total. The largest absolute Gasteiger partial charge is 0.356 e. The highest BCUT2D eigenvalue weighted by Gasteiger charge is 2.09. The zero-order chi connectivity index (χ0) is 16.8. The Morgan fingerprint density at radius 3 is 2.74 bits per heavy atom. The zero-order valence-electron chi connectivity index (χ0n) is 13.5. The van der Waals surface area contributed by atoms with Crippen LogP contribution in [0.15, 0.2) is 17.3 Å². The van der Waals surface area contributed by atoms with Crippen LogP contribution in [-0.4, -0.2) is 29.1 Å². The third-order valence-corrected chi connectivity index (χ3v) is 5.50. The second-order valence-electron chi connectivity index (χ2n) is 5.01. The van der Waals surface area contributed by atoms with Crippen LogP contribution in [0.25, 0.3) is 0 Å². The molecule has 0 aliphatic rings. The Morgan fingerprint density at radius 2 is 2.17 bits per heavy atom. The molecule has 0 amide bonds. The third kappa shape index (κ3) is 4.86. The Hall–Kier alpha value is -1.24.